The van der Waals surface area contributed by atoms with Crippen LogP contribution in [0.5, 0.6) is 0 Å². The number of fused-ring (bicyclic) bond motifs is 3. The number of piperidine rings is 1. The summed E-state index contributed by atoms with van der Waals surface area (Å²) in [5.74, 6) is 0.603. The van der Waals surface area contributed by atoms with Gasteiger partial charge in [0.05, 0.1) is 17.2 Å². The van der Waals surface area contributed by atoms with Crippen molar-refractivity contribution in [3.8, 4) is 0 Å². The number of rotatable bonds is 4. The van der Waals surface area contributed by atoms with E-state index < -0.39 is 40.6 Å². The zero-order valence-corrected chi connectivity index (χ0v) is 17.2. The predicted molar refractivity (Wildman–Crippen MR) is 103 cm³/mol. The lowest BCUT2D eigenvalue weighted by atomic mass is 9.80. The van der Waals surface area contributed by atoms with Crippen LogP contribution in [-0.2, 0) is 12.4 Å². The largest absolute Gasteiger partial charge is 0.433 e. The Labute approximate surface area is 176 Å². The van der Waals surface area contributed by atoms with Crippen molar-refractivity contribution < 1.29 is 31.4 Å². The van der Waals surface area contributed by atoms with Crippen molar-refractivity contribution in [1.82, 2.24) is 9.88 Å². The minimum absolute atomic E-state index is 0.119. The Hall–Kier alpha value is -1.87. The SMILES string of the molecule is CC(C)(CN1CC2CCC1C2)C(O)c1cc(C(F)(F)F)nc2c(C(F)(F)F)cccc12. The van der Waals surface area contributed by atoms with Crippen LogP contribution in [-0.4, -0.2) is 34.1 Å². The Bertz CT molecular complexity index is 984. The van der Waals surface area contributed by atoms with Gasteiger partial charge in [-0.2, -0.15) is 26.3 Å². The molecular weight excluding hydrogens is 422 g/mol. The maximum absolute atomic E-state index is 13.5. The van der Waals surface area contributed by atoms with Gasteiger partial charge >= 0.3 is 12.4 Å². The molecule has 1 saturated carbocycles. The molecule has 3 nitrogen and oxygen atoms in total. The first kappa shape index (κ1) is 22.3. The average Bonchev–Trinajstić information content (AvgIpc) is 3.27. The number of likely N-dealkylation sites (tertiary alicyclic amines) is 1. The first-order valence-electron chi connectivity index (χ1n) is 10.3. The summed E-state index contributed by atoms with van der Waals surface area (Å²) in [6, 6.07) is 4.20. The molecule has 1 N–H and O–H groups in total. The summed E-state index contributed by atoms with van der Waals surface area (Å²) in [7, 11) is 0. The van der Waals surface area contributed by atoms with Crippen LogP contribution in [0.2, 0.25) is 0 Å². The van der Waals surface area contributed by atoms with Gasteiger partial charge in [-0.05, 0) is 42.9 Å². The highest BCUT2D eigenvalue weighted by Crippen LogP contribution is 2.45. The second-order valence-electron chi connectivity index (χ2n) is 9.45. The minimum atomic E-state index is -4.94. The third-order valence-corrected chi connectivity index (χ3v) is 6.64. The van der Waals surface area contributed by atoms with E-state index in [4.69, 9.17) is 0 Å². The Morgan fingerprint density at radius 3 is 2.35 bits per heavy atom. The lowest BCUT2D eigenvalue weighted by Gasteiger charge is -2.38. The van der Waals surface area contributed by atoms with Crippen LogP contribution in [0.4, 0.5) is 26.3 Å². The molecule has 2 aliphatic rings. The van der Waals surface area contributed by atoms with E-state index in [0.29, 0.717) is 30.6 Å². The number of aliphatic hydroxyl groups is 1. The Balaban J connectivity index is 1.79. The number of aliphatic hydroxyl groups excluding tert-OH is 1. The monoisotopic (exact) mass is 446 g/mol. The molecule has 1 aliphatic carbocycles. The van der Waals surface area contributed by atoms with Crippen molar-refractivity contribution in [2.24, 2.45) is 11.3 Å². The fourth-order valence-corrected chi connectivity index (χ4v) is 5.13. The molecule has 4 rings (SSSR count). The number of para-hydroxylation sites is 1. The molecule has 1 aliphatic heterocycles. The molecule has 1 aromatic heterocycles. The number of alkyl halides is 6. The number of aromatic nitrogens is 1. The number of halogens is 6. The summed E-state index contributed by atoms with van der Waals surface area (Å²) in [6.45, 7) is 4.79. The molecule has 3 atom stereocenters. The lowest BCUT2D eigenvalue weighted by molar-refractivity contribution is -0.142. The van der Waals surface area contributed by atoms with Crippen LogP contribution in [0, 0.1) is 11.3 Å². The van der Waals surface area contributed by atoms with Crippen molar-refractivity contribution in [3.05, 3.63) is 41.1 Å². The van der Waals surface area contributed by atoms with Crippen LogP contribution >= 0.6 is 0 Å². The number of benzene rings is 1. The summed E-state index contributed by atoms with van der Waals surface area (Å²) in [5.41, 5.74) is -4.55. The second-order valence-corrected chi connectivity index (χ2v) is 9.45. The highest BCUT2D eigenvalue weighted by Gasteiger charge is 2.43. The van der Waals surface area contributed by atoms with Crippen molar-refractivity contribution in [3.63, 3.8) is 0 Å². The summed E-state index contributed by atoms with van der Waals surface area (Å²) in [5, 5.41) is 11.0. The average molecular weight is 446 g/mol. The molecule has 1 saturated heterocycles. The molecule has 2 fully saturated rings. The van der Waals surface area contributed by atoms with E-state index in [1.54, 1.807) is 13.8 Å². The van der Waals surface area contributed by atoms with Gasteiger partial charge in [0.25, 0.3) is 0 Å². The van der Waals surface area contributed by atoms with Crippen molar-refractivity contribution >= 4 is 10.9 Å². The molecule has 1 aromatic carbocycles. The topological polar surface area (TPSA) is 36.4 Å². The fourth-order valence-electron chi connectivity index (χ4n) is 5.13. The second kappa shape index (κ2) is 7.33. The van der Waals surface area contributed by atoms with E-state index in [0.717, 1.165) is 31.9 Å². The molecule has 0 spiro atoms. The van der Waals surface area contributed by atoms with Gasteiger partial charge < -0.3 is 5.11 Å². The summed E-state index contributed by atoms with van der Waals surface area (Å²) < 4.78 is 80.9. The minimum Gasteiger partial charge on any atom is -0.388 e. The summed E-state index contributed by atoms with van der Waals surface area (Å²) in [4.78, 5) is 5.55. The first-order chi connectivity index (χ1) is 14.3. The van der Waals surface area contributed by atoms with Crippen molar-refractivity contribution in [2.45, 2.75) is 57.6 Å². The molecule has 2 aromatic rings. The van der Waals surface area contributed by atoms with Gasteiger partial charge in [0, 0.05) is 29.9 Å². The predicted octanol–water partition coefficient (Wildman–Crippen LogP) is 5.82. The molecular formula is C22H24F6N2O. The maximum Gasteiger partial charge on any atom is 0.433 e. The molecule has 31 heavy (non-hydrogen) atoms. The normalized spacial score (nSPS) is 23.6. The van der Waals surface area contributed by atoms with Gasteiger partial charge in [0.15, 0.2) is 0 Å². The number of nitrogens with zero attached hydrogens (tertiary/aromatic N) is 2. The Morgan fingerprint density at radius 2 is 1.81 bits per heavy atom. The van der Waals surface area contributed by atoms with Crippen molar-refractivity contribution in [1.29, 1.82) is 0 Å². The highest BCUT2D eigenvalue weighted by atomic mass is 19.4. The standard InChI is InChI=1S/C22H24F6N2O/c1-20(2,11-30-10-12-6-7-13(30)8-12)19(31)15-9-17(22(26,27)28)29-18-14(15)4-3-5-16(18)21(23,24)25/h3-5,9,12-13,19,31H,6-8,10-11H2,1-2H3. The van der Waals surface area contributed by atoms with Crippen LogP contribution < -0.4 is 0 Å². The van der Waals surface area contributed by atoms with E-state index in [9.17, 15) is 31.4 Å². The first-order valence-corrected chi connectivity index (χ1v) is 10.3. The lowest BCUT2D eigenvalue weighted by Crippen LogP contribution is -2.42. The van der Waals surface area contributed by atoms with Gasteiger partial charge in [-0.3, -0.25) is 4.90 Å². The molecule has 9 heteroatoms. The Morgan fingerprint density at radius 1 is 1.10 bits per heavy atom. The number of pyridine rings is 1. The number of hydrogen-bond donors (Lipinski definition) is 1. The van der Waals surface area contributed by atoms with Gasteiger partial charge in [-0.1, -0.05) is 26.0 Å². The number of hydrogen-bond acceptors (Lipinski definition) is 3. The third kappa shape index (κ3) is 4.14. The van der Waals surface area contributed by atoms with Crippen LogP contribution in [0.3, 0.4) is 0 Å². The van der Waals surface area contributed by atoms with Gasteiger partial charge in [0.1, 0.15) is 5.69 Å². The van der Waals surface area contributed by atoms with E-state index >= 15 is 0 Å². The van der Waals surface area contributed by atoms with E-state index in [1.165, 1.54) is 6.07 Å². The van der Waals surface area contributed by atoms with Crippen LogP contribution in [0.15, 0.2) is 24.3 Å². The highest BCUT2D eigenvalue weighted by molar-refractivity contribution is 5.86. The smallest absolute Gasteiger partial charge is 0.388 e. The summed E-state index contributed by atoms with van der Waals surface area (Å²) in [6.07, 6.45) is -7.92. The fraction of sp³-hybridized carbons (Fsp3) is 0.591. The van der Waals surface area contributed by atoms with Crippen molar-refractivity contribution in [2.75, 3.05) is 13.1 Å². The summed E-state index contributed by atoms with van der Waals surface area (Å²) >= 11 is 0. The van der Waals surface area contributed by atoms with Gasteiger partial charge in [-0.25, -0.2) is 4.98 Å². The van der Waals surface area contributed by atoms with Crippen LogP contribution in [0.25, 0.3) is 10.9 Å². The van der Waals surface area contributed by atoms with E-state index in [-0.39, 0.29) is 10.9 Å². The maximum atomic E-state index is 13.5. The van der Waals surface area contributed by atoms with Crippen LogP contribution in [0.1, 0.15) is 56.0 Å². The molecule has 2 heterocycles. The van der Waals surface area contributed by atoms with E-state index in [2.05, 4.69) is 9.88 Å². The van der Waals surface area contributed by atoms with E-state index in [1.807, 2.05) is 0 Å². The Kier molecular flexibility index (Phi) is 5.28. The van der Waals surface area contributed by atoms with Gasteiger partial charge in [0.2, 0.25) is 0 Å². The quantitative estimate of drug-likeness (QED) is 0.602. The molecule has 0 amide bonds. The molecule has 0 radical (unpaired) electrons. The van der Waals surface area contributed by atoms with Gasteiger partial charge in [-0.15, -0.1) is 0 Å². The molecule has 170 valence electrons. The molecule has 2 bridgehead atoms. The third-order valence-electron chi connectivity index (χ3n) is 6.64. The zero-order valence-electron chi connectivity index (χ0n) is 17.2. The molecule has 3 unspecified atom stereocenters. The zero-order chi connectivity index (χ0) is 22.8.